The van der Waals surface area contributed by atoms with E-state index in [1.807, 2.05) is 61.5 Å². The first-order chi connectivity index (χ1) is 9.75. The Morgan fingerprint density at radius 1 is 1.15 bits per heavy atom. The molecule has 0 atom stereocenters. The van der Waals surface area contributed by atoms with Crippen molar-refractivity contribution in [2.24, 2.45) is 5.10 Å². The average molecular weight is 266 g/mol. The van der Waals surface area contributed by atoms with Crippen molar-refractivity contribution in [3.05, 3.63) is 72.3 Å². The fourth-order valence-corrected chi connectivity index (χ4v) is 1.61. The molecule has 0 saturated heterocycles. The van der Waals surface area contributed by atoms with E-state index in [0.717, 1.165) is 22.6 Å². The first-order valence-corrected chi connectivity index (χ1v) is 6.46. The third-order valence-corrected chi connectivity index (χ3v) is 2.56. The molecule has 0 aromatic heterocycles. The molecule has 0 aliphatic rings. The van der Waals surface area contributed by atoms with Crippen LogP contribution in [0, 0.1) is 0 Å². The van der Waals surface area contributed by atoms with Crippen LogP contribution in [0.5, 0.6) is 5.75 Å². The van der Waals surface area contributed by atoms with Crippen molar-refractivity contribution in [3.63, 3.8) is 0 Å². The van der Waals surface area contributed by atoms with Gasteiger partial charge < -0.3 is 4.74 Å². The van der Waals surface area contributed by atoms with Crippen LogP contribution in [0.3, 0.4) is 0 Å². The zero-order valence-electron chi connectivity index (χ0n) is 11.5. The maximum atomic E-state index is 5.68. The Hall–Kier alpha value is -2.55. The van der Waals surface area contributed by atoms with Gasteiger partial charge in [-0.05, 0) is 36.8 Å². The summed E-state index contributed by atoms with van der Waals surface area (Å²) in [6, 6.07) is 17.6. The van der Waals surface area contributed by atoms with E-state index in [1.165, 1.54) is 0 Å². The molecule has 0 aliphatic heterocycles. The molecule has 0 amide bonds. The predicted molar refractivity (Wildman–Crippen MR) is 84.4 cm³/mol. The van der Waals surface area contributed by atoms with Crippen LogP contribution in [0.2, 0.25) is 0 Å². The van der Waals surface area contributed by atoms with E-state index in [2.05, 4.69) is 17.1 Å². The van der Waals surface area contributed by atoms with Gasteiger partial charge in [0.1, 0.15) is 12.4 Å². The molecule has 2 rings (SSSR count). The fourth-order valence-electron chi connectivity index (χ4n) is 1.61. The van der Waals surface area contributed by atoms with Crippen molar-refractivity contribution in [2.75, 3.05) is 12.0 Å². The molecule has 0 fully saturated rings. The van der Waals surface area contributed by atoms with Gasteiger partial charge in [0, 0.05) is 5.56 Å². The quantitative estimate of drug-likeness (QED) is 0.485. The van der Waals surface area contributed by atoms with Crippen molar-refractivity contribution in [1.29, 1.82) is 0 Å². The lowest BCUT2D eigenvalue weighted by molar-refractivity contribution is 0.352. The summed E-state index contributed by atoms with van der Waals surface area (Å²) in [6.07, 6.45) is 1.75. The molecule has 102 valence electrons. The van der Waals surface area contributed by atoms with E-state index in [1.54, 1.807) is 6.21 Å². The highest BCUT2D eigenvalue weighted by Gasteiger charge is 2.00. The first-order valence-electron chi connectivity index (χ1n) is 6.46. The third kappa shape index (κ3) is 4.28. The summed E-state index contributed by atoms with van der Waals surface area (Å²) in [7, 11) is 0. The molecule has 2 aromatic rings. The molecule has 3 nitrogen and oxygen atoms in total. The second kappa shape index (κ2) is 7.14. The first kappa shape index (κ1) is 13.9. The highest BCUT2D eigenvalue weighted by Crippen LogP contribution is 2.16. The Labute approximate surface area is 119 Å². The van der Waals surface area contributed by atoms with Crippen LogP contribution in [0.25, 0.3) is 0 Å². The van der Waals surface area contributed by atoms with Crippen molar-refractivity contribution < 1.29 is 4.74 Å². The van der Waals surface area contributed by atoms with Gasteiger partial charge in [0.25, 0.3) is 0 Å². The van der Waals surface area contributed by atoms with E-state index < -0.39 is 0 Å². The molecular formula is C17H18N2O. The number of hydrazone groups is 1. The predicted octanol–water partition coefficient (Wildman–Crippen LogP) is 4.09. The van der Waals surface area contributed by atoms with Crippen LogP contribution in [0.1, 0.15) is 12.5 Å². The topological polar surface area (TPSA) is 33.6 Å². The molecular weight excluding hydrogens is 248 g/mol. The standard InChI is InChI=1S/C17H18N2O/c1-14(2)13-20-17-11-7-6-8-15(17)12-18-19-16-9-4-3-5-10-16/h3-12,19H,1,13H2,2H3. The second-order valence-electron chi connectivity index (χ2n) is 4.52. The van der Waals surface area contributed by atoms with Crippen LogP contribution < -0.4 is 10.2 Å². The molecule has 1 N–H and O–H groups in total. The number of anilines is 1. The van der Waals surface area contributed by atoms with Gasteiger partial charge in [-0.25, -0.2) is 0 Å². The fraction of sp³-hybridized carbons (Fsp3) is 0.118. The van der Waals surface area contributed by atoms with Gasteiger partial charge in [0.15, 0.2) is 0 Å². The zero-order valence-corrected chi connectivity index (χ0v) is 11.5. The Kier molecular flexibility index (Phi) is 4.95. The minimum atomic E-state index is 0.511. The SMILES string of the molecule is C=C(C)COc1ccccc1C=NNc1ccccc1. The Morgan fingerprint density at radius 2 is 1.85 bits per heavy atom. The van der Waals surface area contributed by atoms with Gasteiger partial charge in [-0.15, -0.1) is 0 Å². The number of nitrogens with one attached hydrogen (secondary N) is 1. The van der Waals surface area contributed by atoms with Gasteiger partial charge in [-0.2, -0.15) is 5.10 Å². The zero-order chi connectivity index (χ0) is 14.2. The minimum Gasteiger partial charge on any atom is -0.489 e. The van der Waals surface area contributed by atoms with Crippen molar-refractivity contribution in [1.82, 2.24) is 0 Å². The van der Waals surface area contributed by atoms with Crippen LogP contribution in [-0.4, -0.2) is 12.8 Å². The summed E-state index contributed by atoms with van der Waals surface area (Å²) < 4.78 is 5.68. The normalized spacial score (nSPS) is 10.4. The highest BCUT2D eigenvalue weighted by molar-refractivity contribution is 5.84. The second-order valence-corrected chi connectivity index (χ2v) is 4.52. The summed E-state index contributed by atoms with van der Waals surface area (Å²) in [5.41, 5.74) is 5.84. The van der Waals surface area contributed by atoms with Crippen molar-refractivity contribution in [3.8, 4) is 5.75 Å². The molecule has 0 radical (unpaired) electrons. The molecule has 20 heavy (non-hydrogen) atoms. The van der Waals surface area contributed by atoms with E-state index in [-0.39, 0.29) is 0 Å². The number of ether oxygens (including phenoxy) is 1. The lowest BCUT2D eigenvalue weighted by atomic mass is 10.2. The largest absolute Gasteiger partial charge is 0.489 e. The monoisotopic (exact) mass is 266 g/mol. The van der Waals surface area contributed by atoms with Gasteiger partial charge in [-0.1, -0.05) is 36.9 Å². The van der Waals surface area contributed by atoms with E-state index in [9.17, 15) is 0 Å². The molecule has 0 unspecified atom stereocenters. The van der Waals surface area contributed by atoms with Crippen molar-refractivity contribution in [2.45, 2.75) is 6.92 Å². The summed E-state index contributed by atoms with van der Waals surface area (Å²) in [6.45, 7) is 6.28. The summed E-state index contributed by atoms with van der Waals surface area (Å²) in [5, 5.41) is 4.22. The summed E-state index contributed by atoms with van der Waals surface area (Å²) in [5.74, 6) is 0.800. The average Bonchev–Trinajstić information content (AvgIpc) is 2.47. The number of hydrogen-bond acceptors (Lipinski definition) is 3. The van der Waals surface area contributed by atoms with E-state index in [4.69, 9.17) is 4.74 Å². The summed E-state index contributed by atoms with van der Waals surface area (Å²) in [4.78, 5) is 0. The molecule has 3 heteroatoms. The van der Waals surface area contributed by atoms with Crippen LogP contribution >= 0.6 is 0 Å². The smallest absolute Gasteiger partial charge is 0.128 e. The van der Waals surface area contributed by atoms with Crippen LogP contribution in [0.4, 0.5) is 5.69 Å². The molecule has 0 spiro atoms. The highest BCUT2D eigenvalue weighted by atomic mass is 16.5. The molecule has 0 bridgehead atoms. The Bertz CT molecular complexity index is 591. The number of hydrogen-bond donors (Lipinski definition) is 1. The minimum absolute atomic E-state index is 0.511. The Morgan fingerprint density at radius 3 is 2.60 bits per heavy atom. The molecule has 2 aromatic carbocycles. The number of benzene rings is 2. The van der Waals surface area contributed by atoms with Crippen molar-refractivity contribution >= 4 is 11.9 Å². The number of nitrogens with zero attached hydrogens (tertiary/aromatic N) is 1. The van der Waals surface area contributed by atoms with E-state index in [0.29, 0.717) is 6.61 Å². The lowest BCUT2D eigenvalue weighted by Gasteiger charge is -2.08. The van der Waals surface area contributed by atoms with Gasteiger partial charge >= 0.3 is 0 Å². The Balaban J connectivity index is 2.03. The molecule has 0 saturated carbocycles. The lowest BCUT2D eigenvalue weighted by Crippen LogP contribution is -2.00. The maximum absolute atomic E-state index is 5.68. The van der Waals surface area contributed by atoms with Crippen LogP contribution in [-0.2, 0) is 0 Å². The van der Waals surface area contributed by atoms with Gasteiger partial charge in [-0.3, -0.25) is 5.43 Å². The van der Waals surface area contributed by atoms with Gasteiger partial charge in [0.05, 0.1) is 11.9 Å². The molecule has 0 heterocycles. The van der Waals surface area contributed by atoms with Crippen LogP contribution in [0.15, 0.2) is 71.9 Å². The van der Waals surface area contributed by atoms with E-state index >= 15 is 0 Å². The summed E-state index contributed by atoms with van der Waals surface area (Å²) >= 11 is 0. The number of para-hydroxylation sites is 2. The third-order valence-electron chi connectivity index (χ3n) is 2.56. The maximum Gasteiger partial charge on any atom is 0.128 e. The number of rotatable bonds is 6. The van der Waals surface area contributed by atoms with Gasteiger partial charge in [0.2, 0.25) is 0 Å². The molecule has 0 aliphatic carbocycles.